The van der Waals surface area contributed by atoms with Crippen molar-refractivity contribution in [3.8, 4) is 5.75 Å². The van der Waals surface area contributed by atoms with Gasteiger partial charge in [-0.2, -0.15) is 0 Å². The van der Waals surface area contributed by atoms with Crippen LogP contribution >= 0.6 is 36.7 Å². The van der Waals surface area contributed by atoms with Gasteiger partial charge in [-0.05, 0) is 55.3 Å². The number of aliphatic imine (C=N–C) groups is 1. The van der Waals surface area contributed by atoms with Crippen LogP contribution in [0, 0.1) is 0 Å². The summed E-state index contributed by atoms with van der Waals surface area (Å²) >= 11 is 2.89. The number of hydrogen-bond donors (Lipinski definition) is 1. The molecule has 32 heavy (non-hydrogen) atoms. The van der Waals surface area contributed by atoms with Crippen LogP contribution in [0.2, 0.25) is 0 Å². The number of benzene rings is 2. The van der Waals surface area contributed by atoms with Gasteiger partial charge in [-0.15, -0.1) is 13.2 Å². The normalized spacial score (nSPS) is 15.5. The van der Waals surface area contributed by atoms with Crippen LogP contribution in [0.3, 0.4) is 0 Å². The predicted molar refractivity (Wildman–Crippen MR) is 134 cm³/mol. The van der Waals surface area contributed by atoms with Crippen molar-refractivity contribution >= 4 is 62.2 Å². The van der Waals surface area contributed by atoms with Gasteiger partial charge in [-0.3, -0.25) is 4.79 Å². The van der Waals surface area contributed by atoms with Crippen molar-refractivity contribution < 1.29 is 22.7 Å². The summed E-state index contributed by atoms with van der Waals surface area (Å²) in [6.07, 6.45) is -2.88. The molecule has 2 aromatic carbocycles. The highest BCUT2D eigenvalue weighted by molar-refractivity contribution is 14.2. The number of amides is 1. The van der Waals surface area contributed by atoms with Crippen LogP contribution in [-0.4, -0.2) is 50.4 Å². The second-order valence-corrected chi connectivity index (χ2v) is 10.1. The van der Waals surface area contributed by atoms with Crippen molar-refractivity contribution in [1.82, 2.24) is 4.90 Å². The number of anilines is 1. The van der Waals surface area contributed by atoms with Gasteiger partial charge in [-0.1, -0.05) is 41.2 Å². The molecule has 0 radical (unpaired) electrons. The molecule has 2 aromatic rings. The number of nitrogens with zero attached hydrogens (tertiary/aromatic N) is 2. The third-order valence-corrected chi connectivity index (χ3v) is 7.35. The van der Waals surface area contributed by atoms with Crippen LogP contribution in [0.15, 0.2) is 47.5 Å². The lowest BCUT2D eigenvalue weighted by atomic mass is 10.1. The van der Waals surface area contributed by atoms with E-state index in [1.165, 1.54) is 24.3 Å². The molecule has 1 amide bonds. The van der Waals surface area contributed by atoms with Crippen molar-refractivity contribution in [2.24, 2.45) is 4.99 Å². The zero-order chi connectivity index (χ0) is 23.3. The highest BCUT2D eigenvalue weighted by Crippen LogP contribution is 2.29. The SMILES string of the molecule is C=IC(=Nc1ccc(OC(F)(F)F)cc1)c1ccc(C(=O)N2CCC(Br)CC2)cc1NC. The molecule has 1 N–H and O–H groups in total. The smallest absolute Gasteiger partial charge is 0.406 e. The molecule has 0 aromatic heterocycles. The summed E-state index contributed by atoms with van der Waals surface area (Å²) in [7, 11) is 1.77. The number of rotatable bonds is 6. The molecule has 1 aliphatic rings. The molecular weight excluding hydrogens is 602 g/mol. The lowest BCUT2D eigenvalue weighted by molar-refractivity contribution is -0.274. The summed E-state index contributed by atoms with van der Waals surface area (Å²) < 4.78 is 45.7. The number of hydrogen-bond acceptors (Lipinski definition) is 4. The monoisotopic (exact) mass is 623 g/mol. The summed E-state index contributed by atoms with van der Waals surface area (Å²) in [4.78, 5) is 19.8. The summed E-state index contributed by atoms with van der Waals surface area (Å²) in [5.74, 6) is -0.305. The first-order valence-electron chi connectivity index (χ1n) is 9.78. The zero-order valence-corrected chi connectivity index (χ0v) is 21.0. The number of carbonyl (C=O) groups excluding carboxylic acids is 1. The standard InChI is InChI=1S/C22H22BrF3IN3O2/c1-27-20(29-16-4-6-17(7-5-16)32-22(24,25)26)18-8-3-14(13-19(18)28-2)21(31)30-11-9-15(23)10-12-30/h3-8,13,15,28H,1,9-12H2,2H3. The zero-order valence-electron chi connectivity index (χ0n) is 17.3. The van der Waals surface area contributed by atoms with E-state index in [9.17, 15) is 18.0 Å². The van der Waals surface area contributed by atoms with E-state index >= 15 is 0 Å². The van der Waals surface area contributed by atoms with Gasteiger partial charge < -0.3 is 15.0 Å². The number of ether oxygens (including phenoxy) is 1. The Morgan fingerprint density at radius 1 is 1.22 bits per heavy atom. The minimum absolute atomic E-state index is 0.00415. The summed E-state index contributed by atoms with van der Waals surface area (Å²) in [6, 6.07) is 10.8. The van der Waals surface area contributed by atoms with Crippen molar-refractivity contribution in [2.45, 2.75) is 24.0 Å². The largest absolute Gasteiger partial charge is 0.573 e. The van der Waals surface area contributed by atoms with Crippen LogP contribution in [0.5, 0.6) is 5.75 Å². The second-order valence-electron chi connectivity index (χ2n) is 7.06. The van der Waals surface area contributed by atoms with Gasteiger partial charge in [0, 0.05) is 41.8 Å². The van der Waals surface area contributed by atoms with Crippen molar-refractivity contribution in [3.63, 3.8) is 0 Å². The number of alkyl halides is 4. The van der Waals surface area contributed by atoms with Crippen LogP contribution < -0.4 is 10.1 Å². The third-order valence-electron chi connectivity index (χ3n) is 4.89. The van der Waals surface area contributed by atoms with E-state index in [-0.39, 0.29) is 11.7 Å². The number of nitrogens with one attached hydrogen (secondary N) is 1. The number of piperidine rings is 1. The third kappa shape index (κ3) is 6.53. The lowest BCUT2D eigenvalue weighted by Gasteiger charge is -2.29. The Kier molecular flexibility index (Phi) is 8.32. The van der Waals surface area contributed by atoms with Crippen LogP contribution in [-0.2, 0) is 0 Å². The molecule has 0 bridgehead atoms. The Bertz CT molecular complexity index is 1000. The molecule has 0 saturated carbocycles. The Labute approximate surface area is 202 Å². The average Bonchev–Trinajstić information content (AvgIpc) is 2.77. The van der Waals surface area contributed by atoms with Crippen LogP contribution in [0.1, 0.15) is 28.8 Å². The Morgan fingerprint density at radius 3 is 2.44 bits per heavy atom. The maximum Gasteiger partial charge on any atom is 0.573 e. The molecule has 0 atom stereocenters. The molecule has 5 nitrogen and oxygen atoms in total. The molecule has 0 unspecified atom stereocenters. The van der Waals surface area contributed by atoms with Crippen molar-refractivity contribution in [3.05, 3.63) is 53.6 Å². The Hall–Kier alpha value is -1.95. The van der Waals surface area contributed by atoms with Gasteiger partial charge in [-0.25, -0.2) is 4.99 Å². The molecule has 172 valence electrons. The molecule has 10 heteroatoms. The van der Waals surface area contributed by atoms with Gasteiger partial charge in [0.1, 0.15) is 9.47 Å². The van der Waals surface area contributed by atoms with Crippen molar-refractivity contribution in [2.75, 3.05) is 25.5 Å². The molecule has 1 heterocycles. The van der Waals surface area contributed by atoms with Crippen molar-refractivity contribution in [1.29, 1.82) is 0 Å². The minimum Gasteiger partial charge on any atom is -0.406 e. The topological polar surface area (TPSA) is 53.9 Å². The maximum absolute atomic E-state index is 12.9. The Morgan fingerprint density at radius 2 is 1.88 bits per heavy atom. The molecule has 1 saturated heterocycles. The van der Waals surface area contributed by atoms with Gasteiger partial charge in [0.2, 0.25) is 0 Å². The van der Waals surface area contributed by atoms with E-state index in [0.29, 0.717) is 16.1 Å². The second kappa shape index (κ2) is 10.8. The van der Waals surface area contributed by atoms with Crippen LogP contribution in [0.25, 0.3) is 0 Å². The molecule has 0 spiro atoms. The van der Waals surface area contributed by atoms with Gasteiger partial charge in [0.15, 0.2) is 0 Å². The highest BCUT2D eigenvalue weighted by Gasteiger charge is 2.31. The summed E-state index contributed by atoms with van der Waals surface area (Å²) in [5.41, 5.74) is 2.67. The Balaban J connectivity index is 1.83. The summed E-state index contributed by atoms with van der Waals surface area (Å²) in [5, 5.41) is 3.12. The number of halogens is 5. The fourth-order valence-corrected chi connectivity index (χ4v) is 5.04. The minimum atomic E-state index is -4.74. The fraction of sp³-hybridized carbons (Fsp3) is 0.318. The van der Waals surface area contributed by atoms with E-state index in [2.05, 4.69) is 35.5 Å². The molecule has 1 aliphatic heterocycles. The molecule has 3 rings (SSSR count). The number of carbonyl (C=O) groups is 1. The van der Waals surface area contributed by atoms with E-state index in [0.717, 1.165) is 40.9 Å². The first-order chi connectivity index (χ1) is 15.2. The van der Waals surface area contributed by atoms with Crippen LogP contribution in [0.4, 0.5) is 24.5 Å². The quantitative estimate of drug-likeness (QED) is 0.240. The predicted octanol–water partition coefficient (Wildman–Crippen LogP) is 6.11. The van der Waals surface area contributed by atoms with E-state index < -0.39 is 27.1 Å². The summed E-state index contributed by atoms with van der Waals surface area (Å²) in [6.45, 7) is 1.44. The number of likely N-dealkylation sites (tertiary alicyclic amines) is 1. The first kappa shape index (κ1) is 24.7. The molecule has 1 fully saturated rings. The maximum atomic E-state index is 12.9. The lowest BCUT2D eigenvalue weighted by Crippen LogP contribution is -2.38. The van der Waals surface area contributed by atoms with E-state index in [4.69, 9.17) is 0 Å². The first-order valence-corrected chi connectivity index (χ1v) is 13.3. The van der Waals surface area contributed by atoms with E-state index in [1.807, 2.05) is 17.0 Å². The highest BCUT2D eigenvalue weighted by atomic mass is 127. The van der Waals surface area contributed by atoms with Gasteiger partial charge in [0.05, 0.1) is 5.69 Å². The van der Waals surface area contributed by atoms with Gasteiger partial charge in [0.25, 0.3) is 5.91 Å². The fourth-order valence-electron chi connectivity index (χ4n) is 3.30. The molecule has 0 aliphatic carbocycles. The molecular formula is C22H22BrF3IN3O2. The van der Waals surface area contributed by atoms with E-state index in [1.54, 1.807) is 13.1 Å². The van der Waals surface area contributed by atoms with Gasteiger partial charge >= 0.3 is 6.36 Å². The average molecular weight is 624 g/mol.